The van der Waals surface area contributed by atoms with Crippen LogP contribution in [0.2, 0.25) is 0 Å². The van der Waals surface area contributed by atoms with Crippen molar-refractivity contribution in [2.75, 3.05) is 6.61 Å². The van der Waals surface area contributed by atoms with Crippen LogP contribution in [0.1, 0.15) is 38.7 Å². The van der Waals surface area contributed by atoms with Crippen molar-refractivity contribution in [3.63, 3.8) is 0 Å². The molecule has 208 valence electrons. The van der Waals surface area contributed by atoms with Crippen LogP contribution in [-0.2, 0) is 30.4 Å². The Morgan fingerprint density at radius 3 is 2.26 bits per heavy atom. The first-order valence-electron chi connectivity index (χ1n) is 12.3. The Bertz CT molecular complexity index is 1150. The number of primary amides is 1. The fourth-order valence-corrected chi connectivity index (χ4v) is 3.86. The van der Waals surface area contributed by atoms with E-state index in [1.54, 1.807) is 13.1 Å². The van der Waals surface area contributed by atoms with Crippen molar-refractivity contribution in [1.29, 1.82) is 0 Å². The molecule has 0 saturated heterocycles. The first-order valence-corrected chi connectivity index (χ1v) is 12.3. The van der Waals surface area contributed by atoms with E-state index in [0.29, 0.717) is 6.42 Å². The van der Waals surface area contributed by atoms with E-state index in [0.717, 1.165) is 16.5 Å². The van der Waals surface area contributed by atoms with Crippen LogP contribution in [0.25, 0.3) is 10.9 Å². The molecule has 13 heteroatoms. The van der Waals surface area contributed by atoms with Gasteiger partial charge in [0.2, 0.25) is 23.6 Å². The molecule has 1 aromatic heterocycles. The van der Waals surface area contributed by atoms with Gasteiger partial charge in [-0.15, -0.1) is 0 Å². The molecule has 5 atom stereocenters. The number of nitrogens with two attached hydrogens (primary N) is 2. The minimum Gasteiger partial charge on any atom is -0.480 e. The number of H-pyrrole nitrogens is 1. The van der Waals surface area contributed by atoms with E-state index in [2.05, 4.69) is 20.9 Å². The molecule has 0 aliphatic carbocycles. The largest absolute Gasteiger partial charge is 0.480 e. The predicted molar refractivity (Wildman–Crippen MR) is 138 cm³/mol. The summed E-state index contributed by atoms with van der Waals surface area (Å²) in [5.74, 6) is -4.79. The number of aliphatic carboxylic acids is 1. The van der Waals surface area contributed by atoms with Gasteiger partial charge in [-0.3, -0.25) is 19.2 Å². The lowest BCUT2D eigenvalue weighted by molar-refractivity contribution is -0.143. The molecule has 0 saturated carbocycles. The molecule has 2 rings (SSSR count). The number of aliphatic hydroxyl groups excluding tert-OH is 1. The summed E-state index contributed by atoms with van der Waals surface area (Å²) >= 11 is 0. The third kappa shape index (κ3) is 8.28. The number of nitrogens with one attached hydrogen (secondary N) is 4. The minimum atomic E-state index is -1.50. The number of carbonyl (C=O) groups is 5. The summed E-state index contributed by atoms with van der Waals surface area (Å²) in [6.45, 7) is 2.71. The van der Waals surface area contributed by atoms with E-state index >= 15 is 0 Å². The quantitative estimate of drug-likeness (QED) is 0.140. The van der Waals surface area contributed by atoms with Crippen molar-refractivity contribution in [3.05, 3.63) is 36.0 Å². The normalized spacial score (nSPS) is 15.1. The maximum atomic E-state index is 13.1. The highest BCUT2D eigenvalue weighted by atomic mass is 16.4. The van der Waals surface area contributed by atoms with Crippen LogP contribution >= 0.6 is 0 Å². The van der Waals surface area contributed by atoms with Gasteiger partial charge in [-0.25, -0.2) is 4.79 Å². The maximum Gasteiger partial charge on any atom is 0.326 e. The highest BCUT2D eigenvalue weighted by Gasteiger charge is 2.32. The fourth-order valence-electron chi connectivity index (χ4n) is 3.86. The van der Waals surface area contributed by atoms with Gasteiger partial charge in [0, 0.05) is 23.5 Å². The highest BCUT2D eigenvalue weighted by Crippen LogP contribution is 2.19. The molecule has 0 radical (unpaired) electrons. The van der Waals surface area contributed by atoms with Gasteiger partial charge in [0.25, 0.3) is 0 Å². The molecular weight excluding hydrogens is 496 g/mol. The molecule has 0 aliphatic rings. The molecule has 1 aromatic carbocycles. The number of rotatable bonds is 15. The lowest BCUT2D eigenvalue weighted by Gasteiger charge is -2.27. The van der Waals surface area contributed by atoms with Crippen molar-refractivity contribution in [3.8, 4) is 0 Å². The zero-order chi connectivity index (χ0) is 28.4. The van der Waals surface area contributed by atoms with Gasteiger partial charge >= 0.3 is 5.97 Å². The second kappa shape index (κ2) is 14.1. The molecular formula is C25H36N6O7. The molecule has 0 spiro atoms. The Balaban J connectivity index is 2.07. The van der Waals surface area contributed by atoms with E-state index in [1.807, 2.05) is 31.2 Å². The van der Waals surface area contributed by atoms with E-state index in [1.165, 1.54) is 0 Å². The first-order chi connectivity index (χ1) is 18.0. The van der Waals surface area contributed by atoms with Crippen LogP contribution in [0.5, 0.6) is 0 Å². The zero-order valence-electron chi connectivity index (χ0n) is 21.4. The first kappa shape index (κ1) is 30.3. The van der Waals surface area contributed by atoms with E-state index < -0.39 is 60.4 Å². The second-order valence-electron chi connectivity index (χ2n) is 9.19. The second-order valence-corrected chi connectivity index (χ2v) is 9.19. The summed E-state index contributed by atoms with van der Waals surface area (Å²) in [7, 11) is 0. The summed E-state index contributed by atoms with van der Waals surface area (Å²) in [5, 5.41) is 27.1. The third-order valence-electron chi connectivity index (χ3n) is 6.35. The van der Waals surface area contributed by atoms with E-state index in [-0.39, 0.29) is 25.2 Å². The summed E-state index contributed by atoms with van der Waals surface area (Å²) in [5.41, 5.74) is 12.9. The summed E-state index contributed by atoms with van der Waals surface area (Å²) in [6.07, 6.45) is 1.94. The number of carbonyl (C=O) groups excluding carboxylic acids is 4. The summed E-state index contributed by atoms with van der Waals surface area (Å²) < 4.78 is 0. The standard InChI is InChI=1S/C25H36N6O7/c1-3-13(2)21(31-22(34)16(26)10-14-11-28-17-7-5-4-6-15(14)17)24(36)30-19(12-32)23(35)29-18(25(37)38)8-9-20(27)33/h4-7,11,13,16,18-19,21,28,32H,3,8-10,12,26H2,1-2H3,(H2,27,33)(H,29,35)(H,30,36)(H,31,34)(H,37,38). The van der Waals surface area contributed by atoms with Gasteiger partial charge in [0.1, 0.15) is 18.1 Å². The van der Waals surface area contributed by atoms with Crippen molar-refractivity contribution in [2.24, 2.45) is 17.4 Å². The number of amides is 4. The molecule has 0 bridgehead atoms. The number of carboxylic acid groups (broad SMARTS) is 1. The summed E-state index contributed by atoms with van der Waals surface area (Å²) in [4.78, 5) is 64.1. The minimum absolute atomic E-state index is 0.217. The number of fused-ring (bicyclic) bond motifs is 1. The summed E-state index contributed by atoms with van der Waals surface area (Å²) in [6, 6.07) is 2.57. The lowest BCUT2D eigenvalue weighted by atomic mass is 9.97. The lowest BCUT2D eigenvalue weighted by Crippen LogP contribution is -2.59. The molecule has 0 aliphatic heterocycles. The molecule has 1 heterocycles. The molecule has 0 fully saturated rings. The van der Waals surface area contributed by atoms with Gasteiger partial charge in [0.05, 0.1) is 12.6 Å². The smallest absolute Gasteiger partial charge is 0.326 e. The molecule has 13 nitrogen and oxygen atoms in total. The maximum absolute atomic E-state index is 13.1. The molecule has 5 unspecified atom stereocenters. The van der Waals surface area contributed by atoms with Gasteiger partial charge in [0.15, 0.2) is 0 Å². The van der Waals surface area contributed by atoms with Crippen molar-refractivity contribution in [1.82, 2.24) is 20.9 Å². The number of hydrogen-bond donors (Lipinski definition) is 8. The highest BCUT2D eigenvalue weighted by molar-refractivity contribution is 5.94. The van der Waals surface area contributed by atoms with Gasteiger partial charge in [-0.05, 0) is 30.4 Å². The molecule has 2 aromatic rings. The Morgan fingerprint density at radius 2 is 1.66 bits per heavy atom. The Hall–Kier alpha value is -3.97. The van der Waals surface area contributed by atoms with Crippen LogP contribution in [0.15, 0.2) is 30.5 Å². The van der Waals surface area contributed by atoms with Crippen molar-refractivity contribution in [2.45, 2.75) is 63.7 Å². The Labute approximate surface area is 219 Å². The van der Waals surface area contributed by atoms with Crippen LogP contribution in [0.4, 0.5) is 0 Å². The third-order valence-corrected chi connectivity index (χ3v) is 6.35. The Morgan fingerprint density at radius 1 is 1.00 bits per heavy atom. The number of carboxylic acids is 1. The fraction of sp³-hybridized carbons (Fsp3) is 0.480. The molecule has 38 heavy (non-hydrogen) atoms. The van der Waals surface area contributed by atoms with Gasteiger partial charge in [-0.1, -0.05) is 38.5 Å². The number of aromatic amines is 1. The predicted octanol–water partition coefficient (Wildman–Crippen LogP) is -1.12. The number of aromatic nitrogens is 1. The monoisotopic (exact) mass is 532 g/mol. The van der Waals surface area contributed by atoms with E-state index in [9.17, 15) is 34.2 Å². The zero-order valence-corrected chi connectivity index (χ0v) is 21.4. The van der Waals surface area contributed by atoms with Crippen LogP contribution in [0.3, 0.4) is 0 Å². The topological polar surface area (TPSA) is 230 Å². The molecule has 10 N–H and O–H groups in total. The number of para-hydroxylation sites is 1. The van der Waals surface area contributed by atoms with Crippen LogP contribution < -0.4 is 27.4 Å². The Kier molecular flexibility index (Phi) is 11.2. The van der Waals surface area contributed by atoms with Gasteiger partial charge in [-0.2, -0.15) is 0 Å². The van der Waals surface area contributed by atoms with E-state index in [4.69, 9.17) is 11.5 Å². The van der Waals surface area contributed by atoms with Crippen molar-refractivity contribution < 1.29 is 34.2 Å². The van der Waals surface area contributed by atoms with Crippen molar-refractivity contribution >= 4 is 40.5 Å². The number of aliphatic hydroxyl groups is 1. The van der Waals surface area contributed by atoms with Crippen LogP contribution in [-0.4, -0.2) is 75.6 Å². The average molecular weight is 533 g/mol. The van der Waals surface area contributed by atoms with Gasteiger partial charge < -0.3 is 42.6 Å². The van der Waals surface area contributed by atoms with Crippen LogP contribution in [0, 0.1) is 5.92 Å². The average Bonchev–Trinajstić information content (AvgIpc) is 3.29. The SMILES string of the molecule is CCC(C)C(NC(=O)C(N)Cc1c[nH]c2ccccc12)C(=O)NC(CO)C(=O)NC(CCC(N)=O)C(=O)O. The molecule has 4 amide bonds. The number of benzene rings is 1. The number of hydrogen-bond acceptors (Lipinski definition) is 7.